The number of anilines is 1. The molecular formula is C12H15N5O. The van der Waals surface area contributed by atoms with Crippen molar-refractivity contribution in [1.29, 1.82) is 0 Å². The van der Waals surface area contributed by atoms with E-state index in [2.05, 4.69) is 20.5 Å². The Labute approximate surface area is 105 Å². The number of carbonyl (C=O) groups is 1. The number of amides is 1. The molecule has 0 aliphatic carbocycles. The second-order valence-electron chi connectivity index (χ2n) is 4.16. The van der Waals surface area contributed by atoms with Gasteiger partial charge in [-0.2, -0.15) is 5.10 Å². The van der Waals surface area contributed by atoms with Crippen molar-refractivity contribution in [2.24, 2.45) is 0 Å². The third-order valence-corrected chi connectivity index (χ3v) is 2.64. The van der Waals surface area contributed by atoms with E-state index in [0.717, 1.165) is 5.56 Å². The molecule has 4 N–H and O–H groups in total. The predicted octanol–water partition coefficient (Wildman–Crippen LogP) is 1.19. The first-order chi connectivity index (χ1) is 8.58. The summed E-state index contributed by atoms with van der Waals surface area (Å²) in [6.45, 7) is 3.74. The highest BCUT2D eigenvalue weighted by atomic mass is 16.1. The molecule has 0 aliphatic rings. The van der Waals surface area contributed by atoms with Gasteiger partial charge in [0.1, 0.15) is 12.2 Å². The maximum absolute atomic E-state index is 12.1. The Balaban J connectivity index is 2.15. The number of aromatic nitrogens is 3. The molecule has 2 rings (SSSR count). The molecular weight excluding hydrogens is 230 g/mol. The van der Waals surface area contributed by atoms with E-state index in [1.54, 1.807) is 12.1 Å². The van der Waals surface area contributed by atoms with Gasteiger partial charge in [-0.05, 0) is 26.0 Å². The number of nitrogens with two attached hydrogens (primary N) is 1. The molecule has 1 atom stereocenters. The van der Waals surface area contributed by atoms with E-state index in [1.165, 1.54) is 6.33 Å². The molecule has 1 amide bonds. The normalized spacial score (nSPS) is 12.1. The lowest BCUT2D eigenvalue weighted by molar-refractivity contribution is 0.0939. The van der Waals surface area contributed by atoms with Crippen LogP contribution in [0.1, 0.15) is 34.7 Å². The number of rotatable bonds is 3. The van der Waals surface area contributed by atoms with E-state index in [4.69, 9.17) is 5.73 Å². The van der Waals surface area contributed by atoms with Crippen LogP contribution < -0.4 is 11.1 Å². The fourth-order valence-electron chi connectivity index (χ4n) is 1.63. The Morgan fingerprint density at radius 3 is 2.94 bits per heavy atom. The fraction of sp³-hybridized carbons (Fsp3) is 0.250. The number of nitrogens with one attached hydrogen (secondary N) is 2. The largest absolute Gasteiger partial charge is 0.398 e. The highest BCUT2D eigenvalue weighted by Gasteiger charge is 2.15. The zero-order valence-corrected chi connectivity index (χ0v) is 10.3. The molecule has 1 heterocycles. The van der Waals surface area contributed by atoms with Crippen LogP contribution in [0.4, 0.5) is 5.69 Å². The van der Waals surface area contributed by atoms with Crippen LogP contribution in [0.5, 0.6) is 0 Å². The van der Waals surface area contributed by atoms with Gasteiger partial charge in [-0.15, -0.1) is 0 Å². The Morgan fingerprint density at radius 1 is 1.50 bits per heavy atom. The van der Waals surface area contributed by atoms with E-state index < -0.39 is 0 Å². The van der Waals surface area contributed by atoms with E-state index in [0.29, 0.717) is 17.1 Å². The van der Waals surface area contributed by atoms with Crippen LogP contribution >= 0.6 is 0 Å². The van der Waals surface area contributed by atoms with Gasteiger partial charge >= 0.3 is 0 Å². The van der Waals surface area contributed by atoms with Gasteiger partial charge in [-0.25, -0.2) is 4.98 Å². The van der Waals surface area contributed by atoms with Gasteiger partial charge in [0.2, 0.25) is 0 Å². The summed E-state index contributed by atoms with van der Waals surface area (Å²) >= 11 is 0. The molecule has 0 spiro atoms. The molecule has 6 nitrogen and oxygen atoms in total. The van der Waals surface area contributed by atoms with Gasteiger partial charge in [0, 0.05) is 5.69 Å². The van der Waals surface area contributed by atoms with Crippen LogP contribution in [-0.2, 0) is 0 Å². The van der Waals surface area contributed by atoms with Gasteiger partial charge in [0.05, 0.1) is 11.6 Å². The van der Waals surface area contributed by atoms with E-state index in [-0.39, 0.29) is 11.9 Å². The molecule has 0 aliphatic heterocycles. The second-order valence-corrected chi connectivity index (χ2v) is 4.16. The number of carbonyl (C=O) groups excluding carboxylic acids is 1. The number of H-pyrrole nitrogens is 1. The maximum atomic E-state index is 12.1. The van der Waals surface area contributed by atoms with Crippen molar-refractivity contribution >= 4 is 11.6 Å². The summed E-state index contributed by atoms with van der Waals surface area (Å²) in [5.74, 6) is 0.384. The van der Waals surface area contributed by atoms with E-state index in [1.807, 2.05) is 19.9 Å². The number of nitrogens with zero attached hydrogens (tertiary/aromatic N) is 2. The average Bonchev–Trinajstić information content (AvgIpc) is 2.85. The predicted molar refractivity (Wildman–Crippen MR) is 67.9 cm³/mol. The zero-order valence-electron chi connectivity index (χ0n) is 10.3. The molecule has 1 aromatic carbocycles. The van der Waals surface area contributed by atoms with Crippen LogP contribution in [0.2, 0.25) is 0 Å². The van der Waals surface area contributed by atoms with Crippen LogP contribution in [0.25, 0.3) is 0 Å². The lowest BCUT2D eigenvalue weighted by atomic mass is 10.1. The molecule has 2 aromatic rings. The maximum Gasteiger partial charge on any atom is 0.253 e. The van der Waals surface area contributed by atoms with Gasteiger partial charge in [-0.1, -0.05) is 11.6 Å². The van der Waals surface area contributed by atoms with Crippen LogP contribution in [-0.4, -0.2) is 21.1 Å². The lowest BCUT2D eigenvalue weighted by Gasteiger charge is -2.12. The number of nitrogen functional groups attached to an aromatic ring is 1. The third-order valence-electron chi connectivity index (χ3n) is 2.64. The summed E-state index contributed by atoms with van der Waals surface area (Å²) in [4.78, 5) is 16.1. The smallest absolute Gasteiger partial charge is 0.253 e. The van der Waals surface area contributed by atoms with Crippen molar-refractivity contribution in [1.82, 2.24) is 20.5 Å². The Kier molecular flexibility index (Phi) is 3.27. The van der Waals surface area contributed by atoms with Gasteiger partial charge < -0.3 is 11.1 Å². The monoisotopic (exact) mass is 245 g/mol. The highest BCUT2D eigenvalue weighted by molar-refractivity contribution is 5.99. The first-order valence-corrected chi connectivity index (χ1v) is 5.60. The number of hydrogen-bond donors (Lipinski definition) is 3. The SMILES string of the molecule is Cc1ccc(N)c(C(=O)NC(C)c2ncn[nH]2)c1. The van der Waals surface area contributed by atoms with Gasteiger partial charge in [0.15, 0.2) is 0 Å². The van der Waals surface area contributed by atoms with Gasteiger partial charge in [0.25, 0.3) is 5.91 Å². The molecule has 0 saturated carbocycles. The average molecular weight is 245 g/mol. The molecule has 0 fully saturated rings. The van der Waals surface area contributed by atoms with Crippen molar-refractivity contribution in [3.05, 3.63) is 41.5 Å². The first kappa shape index (κ1) is 12.1. The quantitative estimate of drug-likeness (QED) is 0.707. The van der Waals surface area contributed by atoms with Crippen LogP contribution in [0.3, 0.4) is 0 Å². The Hall–Kier alpha value is -2.37. The van der Waals surface area contributed by atoms with Crippen molar-refractivity contribution in [3.8, 4) is 0 Å². The molecule has 1 aromatic heterocycles. The first-order valence-electron chi connectivity index (χ1n) is 5.60. The minimum atomic E-state index is -0.250. The third kappa shape index (κ3) is 2.48. The summed E-state index contributed by atoms with van der Waals surface area (Å²) in [6, 6.07) is 5.10. The summed E-state index contributed by atoms with van der Waals surface area (Å²) < 4.78 is 0. The molecule has 18 heavy (non-hydrogen) atoms. The van der Waals surface area contributed by atoms with Crippen molar-refractivity contribution in [2.45, 2.75) is 19.9 Å². The molecule has 1 unspecified atom stereocenters. The second kappa shape index (κ2) is 4.87. The number of aryl methyl sites for hydroxylation is 1. The van der Waals surface area contributed by atoms with E-state index >= 15 is 0 Å². The van der Waals surface area contributed by atoms with Crippen molar-refractivity contribution in [2.75, 3.05) is 5.73 Å². The van der Waals surface area contributed by atoms with Gasteiger partial charge in [-0.3, -0.25) is 9.89 Å². The number of hydrogen-bond acceptors (Lipinski definition) is 4. The molecule has 0 bridgehead atoms. The minimum absolute atomic E-state index is 0.222. The molecule has 0 radical (unpaired) electrons. The number of benzene rings is 1. The van der Waals surface area contributed by atoms with Crippen molar-refractivity contribution < 1.29 is 4.79 Å². The summed E-state index contributed by atoms with van der Waals surface area (Å²) in [5.41, 5.74) is 7.71. The number of aromatic amines is 1. The zero-order chi connectivity index (χ0) is 13.1. The Morgan fingerprint density at radius 2 is 2.28 bits per heavy atom. The Bertz CT molecular complexity index is 550. The molecule has 94 valence electrons. The summed E-state index contributed by atoms with van der Waals surface area (Å²) in [6.07, 6.45) is 1.40. The molecule has 0 saturated heterocycles. The standard InChI is InChI=1S/C12H15N5O/c1-7-3-4-10(13)9(5-7)12(18)16-8(2)11-14-6-15-17-11/h3-6,8H,13H2,1-2H3,(H,16,18)(H,14,15,17). The highest BCUT2D eigenvalue weighted by Crippen LogP contribution is 2.15. The van der Waals surface area contributed by atoms with Crippen LogP contribution in [0.15, 0.2) is 24.5 Å². The summed E-state index contributed by atoms with van der Waals surface area (Å²) in [5, 5.41) is 9.27. The summed E-state index contributed by atoms with van der Waals surface area (Å²) in [7, 11) is 0. The van der Waals surface area contributed by atoms with Crippen molar-refractivity contribution in [3.63, 3.8) is 0 Å². The molecule has 6 heteroatoms. The van der Waals surface area contributed by atoms with E-state index in [9.17, 15) is 4.79 Å². The topological polar surface area (TPSA) is 96.7 Å². The lowest BCUT2D eigenvalue weighted by Crippen LogP contribution is -2.28. The minimum Gasteiger partial charge on any atom is -0.398 e. The van der Waals surface area contributed by atoms with Crippen LogP contribution in [0, 0.1) is 6.92 Å². The fourth-order valence-corrected chi connectivity index (χ4v) is 1.63.